The molecular formula is C22H21N3O2S. The van der Waals surface area contributed by atoms with Gasteiger partial charge in [-0.15, -0.1) is 0 Å². The minimum atomic E-state index is -0.242. The first-order valence-electron chi connectivity index (χ1n) is 8.81. The van der Waals surface area contributed by atoms with Crippen molar-refractivity contribution in [3.63, 3.8) is 0 Å². The highest BCUT2D eigenvalue weighted by Crippen LogP contribution is 2.32. The number of pyridine rings is 1. The molecule has 28 heavy (non-hydrogen) atoms. The van der Waals surface area contributed by atoms with Crippen LogP contribution >= 0.6 is 11.8 Å². The van der Waals surface area contributed by atoms with E-state index in [2.05, 4.69) is 33.8 Å². The standard InChI is InChI=1S/C22H21N3O2S/c1-14-6-7-15(2)19(13-14)28-22-18(5-4-12-24-22)21(27)25-17-10-8-16(9-11-17)20(26)23-3/h4-13H,1-3H3,(H,23,26)(H,25,27). The predicted molar refractivity (Wildman–Crippen MR) is 112 cm³/mol. The average molecular weight is 391 g/mol. The van der Waals surface area contributed by atoms with Crippen molar-refractivity contribution in [2.45, 2.75) is 23.8 Å². The monoisotopic (exact) mass is 391 g/mol. The van der Waals surface area contributed by atoms with E-state index in [9.17, 15) is 9.59 Å². The van der Waals surface area contributed by atoms with Gasteiger partial charge in [0.05, 0.1) is 5.56 Å². The lowest BCUT2D eigenvalue weighted by molar-refractivity contribution is 0.0962. The Balaban J connectivity index is 1.81. The summed E-state index contributed by atoms with van der Waals surface area (Å²) < 4.78 is 0. The van der Waals surface area contributed by atoms with Crippen molar-refractivity contribution in [1.82, 2.24) is 10.3 Å². The van der Waals surface area contributed by atoms with E-state index in [1.165, 1.54) is 11.8 Å². The zero-order valence-electron chi connectivity index (χ0n) is 15.9. The molecule has 0 unspecified atom stereocenters. The molecule has 5 nitrogen and oxygen atoms in total. The molecule has 2 amide bonds. The third-order valence-electron chi connectivity index (χ3n) is 4.20. The van der Waals surface area contributed by atoms with Gasteiger partial charge >= 0.3 is 0 Å². The molecule has 0 aliphatic heterocycles. The van der Waals surface area contributed by atoms with E-state index in [1.54, 1.807) is 49.6 Å². The zero-order valence-corrected chi connectivity index (χ0v) is 16.8. The number of aryl methyl sites for hydroxylation is 2. The summed E-state index contributed by atoms with van der Waals surface area (Å²) in [4.78, 5) is 29.9. The lowest BCUT2D eigenvalue weighted by Gasteiger charge is -2.11. The van der Waals surface area contributed by atoms with Crippen LogP contribution in [0, 0.1) is 13.8 Å². The molecule has 0 aliphatic carbocycles. The lowest BCUT2D eigenvalue weighted by Crippen LogP contribution is -2.18. The summed E-state index contributed by atoms with van der Waals surface area (Å²) >= 11 is 1.48. The summed E-state index contributed by atoms with van der Waals surface area (Å²) in [5.41, 5.74) is 3.95. The van der Waals surface area contributed by atoms with E-state index in [4.69, 9.17) is 0 Å². The Morgan fingerprint density at radius 1 is 0.964 bits per heavy atom. The first-order valence-corrected chi connectivity index (χ1v) is 9.63. The summed E-state index contributed by atoms with van der Waals surface area (Å²) in [5.74, 6) is -0.411. The van der Waals surface area contributed by atoms with Crippen LogP contribution in [0.15, 0.2) is 70.7 Å². The fraction of sp³-hybridized carbons (Fsp3) is 0.136. The highest BCUT2D eigenvalue weighted by Gasteiger charge is 2.15. The van der Waals surface area contributed by atoms with Crippen molar-refractivity contribution >= 4 is 29.3 Å². The molecule has 142 valence electrons. The Morgan fingerprint density at radius 2 is 1.71 bits per heavy atom. The Morgan fingerprint density at radius 3 is 2.43 bits per heavy atom. The number of benzene rings is 2. The average Bonchev–Trinajstić information content (AvgIpc) is 2.71. The number of nitrogens with one attached hydrogen (secondary N) is 2. The van der Waals surface area contributed by atoms with Crippen LogP contribution in [0.25, 0.3) is 0 Å². The molecule has 0 bridgehead atoms. The van der Waals surface area contributed by atoms with Crippen molar-refractivity contribution in [2.24, 2.45) is 0 Å². The molecule has 0 saturated heterocycles. The van der Waals surface area contributed by atoms with E-state index in [0.717, 1.165) is 16.0 Å². The first kappa shape index (κ1) is 19.6. The Kier molecular flexibility index (Phi) is 6.11. The van der Waals surface area contributed by atoms with Gasteiger partial charge in [-0.25, -0.2) is 4.98 Å². The van der Waals surface area contributed by atoms with Gasteiger partial charge < -0.3 is 10.6 Å². The number of carbonyl (C=O) groups excluding carboxylic acids is 2. The molecule has 3 rings (SSSR count). The number of nitrogens with zero attached hydrogens (tertiary/aromatic N) is 1. The minimum absolute atomic E-state index is 0.169. The quantitative estimate of drug-likeness (QED) is 0.674. The van der Waals surface area contributed by atoms with E-state index >= 15 is 0 Å². The normalized spacial score (nSPS) is 10.4. The van der Waals surface area contributed by atoms with Crippen molar-refractivity contribution < 1.29 is 9.59 Å². The molecule has 3 aromatic rings. The van der Waals surface area contributed by atoms with E-state index in [-0.39, 0.29) is 11.8 Å². The molecule has 1 heterocycles. The SMILES string of the molecule is CNC(=O)c1ccc(NC(=O)c2cccnc2Sc2cc(C)ccc2C)cc1. The fourth-order valence-corrected chi connectivity index (χ4v) is 3.68. The molecule has 0 aliphatic rings. The fourth-order valence-electron chi connectivity index (χ4n) is 2.61. The van der Waals surface area contributed by atoms with Crippen LogP contribution in [0.3, 0.4) is 0 Å². The summed E-state index contributed by atoms with van der Waals surface area (Å²) in [6.45, 7) is 4.08. The van der Waals surface area contributed by atoms with E-state index in [1.807, 2.05) is 13.8 Å². The van der Waals surface area contributed by atoms with Crippen LogP contribution in [0.2, 0.25) is 0 Å². The zero-order chi connectivity index (χ0) is 20.1. The molecule has 0 fully saturated rings. The third-order valence-corrected chi connectivity index (χ3v) is 5.38. The van der Waals surface area contributed by atoms with Crippen molar-refractivity contribution in [3.8, 4) is 0 Å². The van der Waals surface area contributed by atoms with E-state index in [0.29, 0.717) is 21.8 Å². The van der Waals surface area contributed by atoms with Crippen LogP contribution in [0.5, 0.6) is 0 Å². The number of carbonyl (C=O) groups is 2. The van der Waals surface area contributed by atoms with Gasteiger partial charge in [-0.2, -0.15) is 0 Å². The second kappa shape index (κ2) is 8.71. The van der Waals surface area contributed by atoms with Gasteiger partial charge in [0.15, 0.2) is 0 Å². The van der Waals surface area contributed by atoms with Gasteiger partial charge in [0.1, 0.15) is 5.03 Å². The minimum Gasteiger partial charge on any atom is -0.355 e. The number of aromatic nitrogens is 1. The topological polar surface area (TPSA) is 71.1 Å². The van der Waals surface area contributed by atoms with Crippen molar-refractivity contribution in [3.05, 3.63) is 83.0 Å². The Bertz CT molecular complexity index is 1020. The summed E-state index contributed by atoms with van der Waals surface area (Å²) in [6.07, 6.45) is 1.68. The largest absolute Gasteiger partial charge is 0.355 e. The smallest absolute Gasteiger partial charge is 0.258 e. The van der Waals surface area contributed by atoms with Crippen molar-refractivity contribution in [2.75, 3.05) is 12.4 Å². The van der Waals surface area contributed by atoms with Gasteiger partial charge in [0, 0.05) is 29.4 Å². The number of hydrogen-bond acceptors (Lipinski definition) is 4. The Hall–Kier alpha value is -3.12. The number of amides is 2. The molecule has 2 N–H and O–H groups in total. The van der Waals surface area contributed by atoms with Gasteiger partial charge in [-0.3, -0.25) is 9.59 Å². The lowest BCUT2D eigenvalue weighted by atomic mass is 10.2. The van der Waals surface area contributed by atoms with Crippen LogP contribution in [0.1, 0.15) is 31.8 Å². The summed E-state index contributed by atoms with van der Waals surface area (Å²) in [5, 5.41) is 6.09. The van der Waals surface area contributed by atoms with Gasteiger partial charge in [0.2, 0.25) is 0 Å². The maximum Gasteiger partial charge on any atom is 0.258 e. The molecule has 2 aromatic carbocycles. The van der Waals surface area contributed by atoms with Crippen LogP contribution in [-0.2, 0) is 0 Å². The van der Waals surface area contributed by atoms with E-state index < -0.39 is 0 Å². The van der Waals surface area contributed by atoms with Gasteiger partial charge in [-0.1, -0.05) is 23.9 Å². The maximum atomic E-state index is 12.8. The Labute approximate surface area is 168 Å². The van der Waals surface area contributed by atoms with Crippen LogP contribution < -0.4 is 10.6 Å². The molecule has 6 heteroatoms. The molecule has 0 spiro atoms. The highest BCUT2D eigenvalue weighted by molar-refractivity contribution is 7.99. The second-order valence-corrected chi connectivity index (χ2v) is 7.37. The van der Waals surface area contributed by atoms with Gasteiger partial charge in [0.25, 0.3) is 11.8 Å². The van der Waals surface area contributed by atoms with Crippen LogP contribution in [0.4, 0.5) is 5.69 Å². The predicted octanol–water partition coefficient (Wildman–Crippen LogP) is 4.46. The third kappa shape index (κ3) is 4.58. The first-order chi connectivity index (χ1) is 13.5. The molecule has 0 atom stereocenters. The number of hydrogen-bond donors (Lipinski definition) is 2. The molecule has 1 aromatic heterocycles. The van der Waals surface area contributed by atoms with Crippen LogP contribution in [-0.4, -0.2) is 23.8 Å². The maximum absolute atomic E-state index is 12.8. The second-order valence-electron chi connectivity index (χ2n) is 6.34. The summed E-state index contributed by atoms with van der Waals surface area (Å²) in [7, 11) is 1.58. The molecule has 0 radical (unpaired) electrons. The number of anilines is 1. The molecular weight excluding hydrogens is 370 g/mol. The number of rotatable bonds is 5. The van der Waals surface area contributed by atoms with Gasteiger partial charge in [-0.05, 0) is 67.4 Å². The highest BCUT2D eigenvalue weighted by atomic mass is 32.2. The summed E-state index contributed by atoms with van der Waals surface area (Å²) in [6, 6.07) is 16.5. The molecule has 0 saturated carbocycles. The van der Waals surface area contributed by atoms with Crippen molar-refractivity contribution in [1.29, 1.82) is 0 Å².